The topological polar surface area (TPSA) is 29.5 Å². The summed E-state index contributed by atoms with van der Waals surface area (Å²) in [5.41, 5.74) is 4.90. The summed E-state index contributed by atoms with van der Waals surface area (Å²) >= 11 is 0. The molecule has 0 heterocycles. The Bertz CT molecular complexity index is 792. The Morgan fingerprint density at radius 1 is 0.500 bits per heavy atom. The van der Waals surface area contributed by atoms with Gasteiger partial charge in [-0.3, -0.25) is 0 Å². The molecule has 0 saturated carbocycles. The summed E-state index contributed by atoms with van der Waals surface area (Å²) < 4.78 is 5.86. The second-order valence-electron chi connectivity index (χ2n) is 7.16. The van der Waals surface area contributed by atoms with Crippen molar-refractivity contribution in [1.29, 1.82) is 0 Å². The highest BCUT2D eigenvalue weighted by molar-refractivity contribution is 5.70. The number of benzene rings is 3. The lowest BCUT2D eigenvalue weighted by Crippen LogP contribution is -1.97. The van der Waals surface area contributed by atoms with Gasteiger partial charge in [-0.25, -0.2) is 0 Å². The van der Waals surface area contributed by atoms with E-state index in [1.54, 1.807) is 0 Å². The van der Waals surface area contributed by atoms with Crippen molar-refractivity contribution in [3.63, 3.8) is 0 Å². The lowest BCUT2D eigenvalue weighted by molar-refractivity contribution is 0.280. The summed E-state index contributed by atoms with van der Waals surface area (Å²) in [5.74, 6) is 0.935. The summed E-state index contributed by atoms with van der Waals surface area (Å²) in [6, 6.07) is 27.5. The van der Waals surface area contributed by atoms with Gasteiger partial charge in [0.1, 0.15) is 5.75 Å². The average Bonchev–Trinajstić information content (AvgIpc) is 2.77. The molecule has 28 heavy (non-hydrogen) atoms. The van der Waals surface area contributed by atoms with Crippen LogP contribution in [-0.4, -0.2) is 18.3 Å². The van der Waals surface area contributed by atoms with Crippen molar-refractivity contribution in [2.75, 3.05) is 13.2 Å². The van der Waals surface area contributed by atoms with Crippen LogP contribution in [-0.2, 0) is 0 Å². The van der Waals surface area contributed by atoms with Crippen LogP contribution in [0, 0.1) is 0 Å². The summed E-state index contributed by atoms with van der Waals surface area (Å²) in [6.07, 6.45) is 6.77. The molecule has 0 saturated heterocycles. The zero-order valence-corrected chi connectivity index (χ0v) is 16.5. The number of hydrogen-bond donors (Lipinski definition) is 1. The first-order valence-electron chi connectivity index (χ1n) is 10.4. The maximum atomic E-state index is 8.76. The van der Waals surface area contributed by atoms with Gasteiger partial charge in [-0.05, 0) is 47.2 Å². The zero-order valence-electron chi connectivity index (χ0n) is 16.5. The molecular formula is C26H30O2. The summed E-state index contributed by atoms with van der Waals surface area (Å²) in [7, 11) is 0. The van der Waals surface area contributed by atoms with Crippen LogP contribution < -0.4 is 4.74 Å². The van der Waals surface area contributed by atoms with Crippen molar-refractivity contribution in [3.05, 3.63) is 78.9 Å². The fraction of sp³-hybridized carbons (Fsp3) is 0.308. The largest absolute Gasteiger partial charge is 0.494 e. The molecule has 0 atom stereocenters. The van der Waals surface area contributed by atoms with Gasteiger partial charge in [-0.1, -0.05) is 92.4 Å². The first-order chi connectivity index (χ1) is 13.9. The van der Waals surface area contributed by atoms with E-state index in [1.807, 2.05) is 6.07 Å². The number of aliphatic hydroxyl groups is 1. The Hall–Kier alpha value is -2.58. The molecule has 0 aliphatic carbocycles. The van der Waals surface area contributed by atoms with E-state index in [9.17, 15) is 0 Å². The molecule has 2 nitrogen and oxygen atoms in total. The van der Waals surface area contributed by atoms with E-state index >= 15 is 0 Å². The van der Waals surface area contributed by atoms with Crippen LogP contribution in [0.2, 0.25) is 0 Å². The molecule has 146 valence electrons. The predicted molar refractivity (Wildman–Crippen MR) is 118 cm³/mol. The van der Waals surface area contributed by atoms with Crippen molar-refractivity contribution in [2.24, 2.45) is 0 Å². The number of ether oxygens (including phenoxy) is 1. The second kappa shape index (κ2) is 11.3. The smallest absolute Gasteiger partial charge is 0.119 e. The molecular weight excluding hydrogens is 344 g/mol. The van der Waals surface area contributed by atoms with Gasteiger partial charge in [0.05, 0.1) is 6.61 Å². The van der Waals surface area contributed by atoms with Gasteiger partial charge >= 0.3 is 0 Å². The number of aliphatic hydroxyl groups excluding tert-OH is 1. The van der Waals surface area contributed by atoms with Crippen molar-refractivity contribution in [3.8, 4) is 28.0 Å². The Labute approximate surface area is 168 Å². The molecule has 0 bridgehead atoms. The van der Waals surface area contributed by atoms with E-state index in [0.717, 1.165) is 31.6 Å². The SMILES string of the molecule is OCCCCCCCCOc1ccc(-c2ccc(-c3ccccc3)cc2)cc1. The zero-order chi connectivity index (χ0) is 19.4. The van der Waals surface area contributed by atoms with Gasteiger partial charge in [0.25, 0.3) is 0 Å². The average molecular weight is 375 g/mol. The monoisotopic (exact) mass is 374 g/mol. The molecule has 0 radical (unpaired) electrons. The maximum Gasteiger partial charge on any atom is 0.119 e. The number of rotatable bonds is 11. The molecule has 2 heteroatoms. The van der Waals surface area contributed by atoms with Crippen LogP contribution in [0.15, 0.2) is 78.9 Å². The summed E-state index contributed by atoms with van der Waals surface area (Å²) in [5, 5.41) is 8.76. The van der Waals surface area contributed by atoms with Crippen molar-refractivity contribution >= 4 is 0 Å². The first kappa shape index (κ1) is 20.2. The third-order valence-electron chi connectivity index (χ3n) is 5.00. The molecule has 0 unspecified atom stereocenters. The van der Waals surface area contributed by atoms with Crippen molar-refractivity contribution in [1.82, 2.24) is 0 Å². The van der Waals surface area contributed by atoms with E-state index in [2.05, 4.69) is 72.8 Å². The molecule has 0 spiro atoms. The number of unbranched alkanes of at least 4 members (excludes halogenated alkanes) is 5. The fourth-order valence-corrected chi connectivity index (χ4v) is 3.34. The highest BCUT2D eigenvalue weighted by Gasteiger charge is 2.01. The third-order valence-corrected chi connectivity index (χ3v) is 5.00. The molecule has 1 N–H and O–H groups in total. The van der Waals surface area contributed by atoms with Crippen LogP contribution in [0.3, 0.4) is 0 Å². The molecule has 0 amide bonds. The van der Waals surface area contributed by atoms with E-state index in [1.165, 1.54) is 41.5 Å². The van der Waals surface area contributed by atoms with Gasteiger partial charge in [0.2, 0.25) is 0 Å². The minimum Gasteiger partial charge on any atom is -0.494 e. The van der Waals surface area contributed by atoms with Crippen LogP contribution in [0.4, 0.5) is 0 Å². The van der Waals surface area contributed by atoms with Crippen molar-refractivity contribution in [2.45, 2.75) is 38.5 Å². The molecule has 0 aliphatic rings. The Morgan fingerprint density at radius 3 is 1.54 bits per heavy atom. The van der Waals surface area contributed by atoms with Gasteiger partial charge in [0.15, 0.2) is 0 Å². The molecule has 0 aromatic heterocycles. The van der Waals surface area contributed by atoms with Crippen LogP contribution >= 0.6 is 0 Å². The Balaban J connectivity index is 1.45. The highest BCUT2D eigenvalue weighted by Crippen LogP contribution is 2.26. The van der Waals surface area contributed by atoms with Gasteiger partial charge < -0.3 is 9.84 Å². The quantitative estimate of drug-likeness (QED) is 0.377. The number of hydrogen-bond acceptors (Lipinski definition) is 2. The molecule has 3 aromatic rings. The standard InChI is InChI=1S/C26H30O2/c27-20-8-3-1-2-4-9-21-28-26-18-16-25(17-19-26)24-14-12-23(13-15-24)22-10-6-5-7-11-22/h5-7,10-19,27H,1-4,8-9,20-21H2. The summed E-state index contributed by atoms with van der Waals surface area (Å²) in [4.78, 5) is 0. The molecule has 0 aliphatic heterocycles. The fourth-order valence-electron chi connectivity index (χ4n) is 3.34. The van der Waals surface area contributed by atoms with Gasteiger partial charge in [-0.2, -0.15) is 0 Å². The predicted octanol–water partition coefficient (Wildman–Crippen LogP) is 6.73. The van der Waals surface area contributed by atoms with Crippen LogP contribution in [0.5, 0.6) is 5.75 Å². The van der Waals surface area contributed by atoms with Gasteiger partial charge in [0, 0.05) is 6.61 Å². The minimum atomic E-state index is 0.316. The van der Waals surface area contributed by atoms with E-state index in [0.29, 0.717) is 6.61 Å². The first-order valence-corrected chi connectivity index (χ1v) is 10.4. The van der Waals surface area contributed by atoms with Crippen LogP contribution in [0.25, 0.3) is 22.3 Å². The van der Waals surface area contributed by atoms with Crippen molar-refractivity contribution < 1.29 is 9.84 Å². The Kier molecular flexibility index (Phi) is 8.14. The third kappa shape index (κ3) is 6.24. The van der Waals surface area contributed by atoms with E-state index in [4.69, 9.17) is 9.84 Å². The second-order valence-corrected chi connectivity index (χ2v) is 7.16. The maximum absolute atomic E-state index is 8.76. The molecule has 3 rings (SSSR count). The lowest BCUT2D eigenvalue weighted by atomic mass is 10.0. The molecule has 0 fully saturated rings. The van der Waals surface area contributed by atoms with Crippen LogP contribution in [0.1, 0.15) is 38.5 Å². The van der Waals surface area contributed by atoms with Gasteiger partial charge in [-0.15, -0.1) is 0 Å². The Morgan fingerprint density at radius 2 is 0.964 bits per heavy atom. The lowest BCUT2D eigenvalue weighted by Gasteiger charge is -2.08. The molecule has 3 aromatic carbocycles. The summed E-state index contributed by atoms with van der Waals surface area (Å²) in [6.45, 7) is 1.08. The highest BCUT2D eigenvalue weighted by atomic mass is 16.5. The van der Waals surface area contributed by atoms with E-state index in [-0.39, 0.29) is 0 Å². The minimum absolute atomic E-state index is 0.316. The normalized spacial score (nSPS) is 10.8. The van der Waals surface area contributed by atoms with E-state index < -0.39 is 0 Å².